The molecule has 0 aromatic heterocycles. The quantitative estimate of drug-likeness (QED) is 0.367. The van der Waals surface area contributed by atoms with E-state index >= 15 is 0 Å². The van der Waals surface area contributed by atoms with Crippen LogP contribution in [0.4, 0.5) is 5.69 Å². The van der Waals surface area contributed by atoms with E-state index < -0.39 is 0 Å². The number of aliphatic hydroxyl groups is 1. The van der Waals surface area contributed by atoms with Gasteiger partial charge in [0, 0.05) is 6.07 Å². The van der Waals surface area contributed by atoms with Crippen LogP contribution in [-0.4, -0.2) is 29.7 Å². The topological polar surface area (TPSA) is 77.6 Å². The maximum absolute atomic E-state index is 8.65. The van der Waals surface area contributed by atoms with Crippen LogP contribution in [0.5, 0.6) is 5.75 Å². The summed E-state index contributed by atoms with van der Waals surface area (Å²) in [5.41, 5.74) is 0.688. The van der Waals surface area contributed by atoms with Crippen LogP contribution in [0.3, 0.4) is 0 Å². The van der Waals surface area contributed by atoms with Crippen LogP contribution in [0.25, 0.3) is 0 Å². The molecule has 5 nitrogen and oxygen atoms in total. The molecule has 0 fully saturated rings. The summed E-state index contributed by atoms with van der Waals surface area (Å²) in [6, 6.07) is 7.13. The number of ether oxygens (including phenoxy) is 1. The number of thioether (sulfide) groups is 1. The van der Waals surface area contributed by atoms with Crippen molar-refractivity contribution in [3.8, 4) is 11.9 Å². The molecular weight excluding hydrogens is 238 g/mol. The van der Waals surface area contributed by atoms with Gasteiger partial charge in [-0.2, -0.15) is 5.26 Å². The molecular formula is C11H13N3O2S. The normalized spacial score (nSPS) is 10.8. The van der Waals surface area contributed by atoms with Crippen LogP contribution >= 0.6 is 11.8 Å². The number of nitrogens with one attached hydrogen (secondary N) is 1. The summed E-state index contributed by atoms with van der Waals surface area (Å²) in [6.07, 6.45) is 3.65. The van der Waals surface area contributed by atoms with Crippen LogP contribution in [-0.2, 0) is 0 Å². The predicted molar refractivity (Wildman–Crippen MR) is 68.4 cm³/mol. The summed E-state index contributed by atoms with van der Waals surface area (Å²) in [7, 11) is 0. The Morgan fingerprint density at radius 2 is 2.47 bits per heavy atom. The monoisotopic (exact) mass is 251 g/mol. The summed E-state index contributed by atoms with van der Waals surface area (Å²) in [4.78, 5) is 4.24. The molecule has 0 heterocycles. The van der Waals surface area contributed by atoms with Crippen molar-refractivity contribution in [1.29, 1.82) is 5.26 Å². The Bertz CT molecular complexity index is 429. The summed E-state index contributed by atoms with van der Waals surface area (Å²) >= 11 is 1.35. The van der Waals surface area contributed by atoms with Gasteiger partial charge < -0.3 is 9.84 Å². The first-order chi connectivity index (χ1) is 8.30. The average Bonchev–Trinajstić information content (AvgIpc) is 2.36. The zero-order valence-electron chi connectivity index (χ0n) is 9.38. The zero-order chi connectivity index (χ0) is 12.5. The maximum Gasteiger partial charge on any atom is 0.183 e. The van der Waals surface area contributed by atoms with E-state index in [4.69, 9.17) is 15.1 Å². The molecule has 0 unspecified atom stereocenters. The third-order valence-electron chi connectivity index (χ3n) is 1.76. The van der Waals surface area contributed by atoms with Crippen molar-refractivity contribution >= 4 is 22.6 Å². The molecule has 0 radical (unpaired) electrons. The van der Waals surface area contributed by atoms with Crippen molar-refractivity contribution < 1.29 is 9.84 Å². The van der Waals surface area contributed by atoms with Crippen molar-refractivity contribution in [1.82, 2.24) is 5.32 Å². The van der Waals surface area contributed by atoms with Gasteiger partial charge in [0.15, 0.2) is 11.4 Å². The van der Waals surface area contributed by atoms with Gasteiger partial charge in [-0.1, -0.05) is 17.8 Å². The minimum Gasteiger partial charge on any atom is -0.491 e. The molecule has 0 aliphatic heterocycles. The highest BCUT2D eigenvalue weighted by atomic mass is 32.2. The Labute approximate surface area is 104 Å². The van der Waals surface area contributed by atoms with E-state index in [1.807, 2.05) is 12.4 Å². The molecule has 17 heavy (non-hydrogen) atoms. The summed E-state index contributed by atoms with van der Waals surface area (Å²) in [6.45, 7) is 0.221. The number of rotatable bonds is 4. The number of amidine groups is 1. The highest BCUT2D eigenvalue weighted by molar-refractivity contribution is 8.13. The Kier molecular flexibility index (Phi) is 5.93. The Balaban J connectivity index is 2.80. The Morgan fingerprint density at radius 3 is 3.12 bits per heavy atom. The molecule has 0 aliphatic rings. The van der Waals surface area contributed by atoms with Gasteiger partial charge in [0.2, 0.25) is 0 Å². The number of aliphatic imine (C=N–C) groups is 1. The second-order valence-electron chi connectivity index (χ2n) is 2.93. The number of hydrogen-bond donors (Lipinski definition) is 2. The lowest BCUT2D eigenvalue weighted by Crippen LogP contribution is -2.12. The van der Waals surface area contributed by atoms with Crippen LogP contribution in [0.15, 0.2) is 29.3 Å². The van der Waals surface area contributed by atoms with Crippen LogP contribution in [0.2, 0.25) is 0 Å². The smallest absolute Gasteiger partial charge is 0.183 e. The molecule has 0 amide bonds. The highest BCUT2D eigenvalue weighted by Crippen LogP contribution is 2.20. The number of benzene rings is 1. The fourth-order valence-corrected chi connectivity index (χ4v) is 1.44. The Hall–Kier alpha value is -1.71. The number of nitriles is 1. The molecule has 1 rings (SSSR count). The second-order valence-corrected chi connectivity index (χ2v) is 3.72. The van der Waals surface area contributed by atoms with Gasteiger partial charge in [0.1, 0.15) is 12.4 Å². The molecule has 6 heteroatoms. The average molecular weight is 251 g/mol. The van der Waals surface area contributed by atoms with Crippen molar-refractivity contribution in [2.75, 3.05) is 19.5 Å². The van der Waals surface area contributed by atoms with E-state index in [-0.39, 0.29) is 13.2 Å². The molecule has 1 aromatic rings. The van der Waals surface area contributed by atoms with Crippen LogP contribution in [0, 0.1) is 11.5 Å². The SMILES string of the molecule is CSC(=Nc1cccc(OCCO)c1)NC#N. The lowest BCUT2D eigenvalue weighted by Gasteiger charge is -2.05. The third kappa shape index (κ3) is 4.76. The zero-order valence-corrected chi connectivity index (χ0v) is 10.2. The fourth-order valence-electron chi connectivity index (χ4n) is 1.10. The van der Waals surface area contributed by atoms with Crippen molar-refractivity contribution in [2.24, 2.45) is 4.99 Å². The predicted octanol–water partition coefficient (Wildman–Crippen LogP) is 1.48. The summed E-state index contributed by atoms with van der Waals surface area (Å²) in [5.74, 6) is 0.637. The van der Waals surface area contributed by atoms with E-state index in [0.29, 0.717) is 16.6 Å². The van der Waals surface area contributed by atoms with Gasteiger partial charge in [-0.15, -0.1) is 0 Å². The first kappa shape index (κ1) is 13.4. The standard InChI is InChI=1S/C11H13N3O2S/c1-17-11(13-8-12)14-9-3-2-4-10(7-9)16-6-5-15/h2-4,7,15H,5-6H2,1H3,(H,13,14). The molecule has 0 spiro atoms. The summed E-state index contributed by atoms with van der Waals surface area (Å²) in [5, 5.41) is 20.2. The van der Waals surface area contributed by atoms with Crippen LogP contribution in [0.1, 0.15) is 0 Å². The van der Waals surface area contributed by atoms with Gasteiger partial charge in [-0.05, 0) is 18.4 Å². The largest absolute Gasteiger partial charge is 0.491 e. The van der Waals surface area contributed by atoms with E-state index in [2.05, 4.69) is 10.3 Å². The third-order valence-corrected chi connectivity index (χ3v) is 2.34. The van der Waals surface area contributed by atoms with E-state index in [1.165, 1.54) is 11.8 Å². The number of nitrogens with zero attached hydrogens (tertiary/aromatic N) is 2. The van der Waals surface area contributed by atoms with Gasteiger partial charge in [0.05, 0.1) is 12.3 Å². The molecule has 0 atom stereocenters. The first-order valence-corrected chi connectivity index (χ1v) is 6.14. The summed E-state index contributed by atoms with van der Waals surface area (Å²) < 4.78 is 5.26. The van der Waals surface area contributed by atoms with E-state index in [1.54, 1.807) is 24.3 Å². The molecule has 0 saturated heterocycles. The van der Waals surface area contributed by atoms with Gasteiger partial charge in [0.25, 0.3) is 0 Å². The fraction of sp³-hybridized carbons (Fsp3) is 0.273. The van der Waals surface area contributed by atoms with Crippen molar-refractivity contribution in [3.05, 3.63) is 24.3 Å². The molecule has 1 aromatic carbocycles. The second kappa shape index (κ2) is 7.54. The van der Waals surface area contributed by atoms with Crippen LogP contribution < -0.4 is 10.1 Å². The number of hydrogen-bond acceptors (Lipinski definition) is 5. The van der Waals surface area contributed by atoms with Gasteiger partial charge >= 0.3 is 0 Å². The van der Waals surface area contributed by atoms with Gasteiger partial charge in [-0.25, -0.2) is 4.99 Å². The molecule has 0 bridgehead atoms. The lowest BCUT2D eigenvalue weighted by molar-refractivity contribution is 0.201. The number of aliphatic hydroxyl groups excluding tert-OH is 1. The van der Waals surface area contributed by atoms with Crippen molar-refractivity contribution in [2.45, 2.75) is 0 Å². The minimum atomic E-state index is -0.0282. The van der Waals surface area contributed by atoms with Crippen molar-refractivity contribution in [3.63, 3.8) is 0 Å². The molecule has 2 N–H and O–H groups in total. The van der Waals surface area contributed by atoms with E-state index in [9.17, 15) is 0 Å². The molecule has 0 aliphatic carbocycles. The Morgan fingerprint density at radius 1 is 1.65 bits per heavy atom. The maximum atomic E-state index is 8.65. The minimum absolute atomic E-state index is 0.0282. The lowest BCUT2D eigenvalue weighted by atomic mass is 10.3. The first-order valence-electron chi connectivity index (χ1n) is 4.91. The highest BCUT2D eigenvalue weighted by Gasteiger charge is 1.98. The van der Waals surface area contributed by atoms with Gasteiger partial charge in [-0.3, -0.25) is 5.32 Å². The molecule has 0 saturated carbocycles. The molecule has 90 valence electrons. The van der Waals surface area contributed by atoms with E-state index in [0.717, 1.165) is 0 Å².